The van der Waals surface area contributed by atoms with E-state index in [2.05, 4.69) is 15.9 Å². The highest BCUT2D eigenvalue weighted by Gasteiger charge is 2.19. The van der Waals surface area contributed by atoms with Crippen LogP contribution < -0.4 is 15.2 Å². The summed E-state index contributed by atoms with van der Waals surface area (Å²) in [6, 6.07) is 3.67. The van der Waals surface area contributed by atoms with Gasteiger partial charge >= 0.3 is 0 Å². The molecule has 0 fully saturated rings. The first-order valence-corrected chi connectivity index (χ1v) is 5.97. The molecule has 0 aromatic heterocycles. The third-order valence-electron chi connectivity index (χ3n) is 2.56. The van der Waals surface area contributed by atoms with Crippen molar-refractivity contribution in [3.8, 4) is 11.5 Å². The van der Waals surface area contributed by atoms with Crippen LogP contribution in [-0.2, 0) is 0 Å². The van der Waals surface area contributed by atoms with Crippen LogP contribution in [0.2, 0.25) is 0 Å². The van der Waals surface area contributed by atoms with Gasteiger partial charge in [-0.2, -0.15) is 0 Å². The summed E-state index contributed by atoms with van der Waals surface area (Å²) in [5.74, 6) is 1.47. The maximum absolute atomic E-state index is 8.77. The minimum atomic E-state index is -0.101. The minimum Gasteiger partial charge on any atom is -0.454 e. The monoisotopic (exact) mass is 287 g/mol. The van der Waals surface area contributed by atoms with Crippen LogP contribution >= 0.6 is 15.9 Å². The van der Waals surface area contributed by atoms with Crippen molar-refractivity contribution in [2.75, 3.05) is 13.4 Å². The average molecular weight is 288 g/mol. The van der Waals surface area contributed by atoms with Crippen molar-refractivity contribution in [3.63, 3.8) is 0 Å². The fraction of sp³-hybridized carbons (Fsp3) is 0.455. The highest BCUT2D eigenvalue weighted by atomic mass is 79.9. The number of ether oxygens (including phenoxy) is 2. The number of nitrogens with two attached hydrogens (primary N) is 1. The summed E-state index contributed by atoms with van der Waals surface area (Å²) in [7, 11) is 0. The van der Waals surface area contributed by atoms with Gasteiger partial charge in [0.1, 0.15) is 0 Å². The Balaban J connectivity index is 2.20. The Kier molecular flexibility index (Phi) is 3.68. The summed E-state index contributed by atoms with van der Waals surface area (Å²) in [5, 5.41) is 8.77. The normalized spacial score (nSPS) is 15.2. The van der Waals surface area contributed by atoms with Crippen LogP contribution in [0.4, 0.5) is 0 Å². The molecule has 88 valence electrons. The predicted octanol–water partition coefficient (Wildman–Crippen LogP) is 1.95. The molecule has 0 radical (unpaired) electrons. The van der Waals surface area contributed by atoms with Crippen LogP contribution in [0.5, 0.6) is 11.5 Å². The standard InChI is InChI=1S/C11H14BrNO3/c12-8-5-11-10(15-6-16-11)4-7(8)9(13)2-1-3-14/h4-5,9,14H,1-3,6,13H2/t9-/m1/s1. The smallest absolute Gasteiger partial charge is 0.231 e. The Bertz CT molecular complexity index is 384. The first-order chi connectivity index (χ1) is 7.72. The minimum absolute atomic E-state index is 0.101. The fourth-order valence-corrected chi connectivity index (χ4v) is 2.30. The summed E-state index contributed by atoms with van der Waals surface area (Å²) in [5.41, 5.74) is 7.02. The third-order valence-corrected chi connectivity index (χ3v) is 3.25. The summed E-state index contributed by atoms with van der Waals surface area (Å²) in [6.45, 7) is 0.424. The van der Waals surface area contributed by atoms with Crippen molar-refractivity contribution in [1.82, 2.24) is 0 Å². The molecule has 0 saturated carbocycles. The molecular weight excluding hydrogens is 274 g/mol. The van der Waals surface area contributed by atoms with Crippen LogP contribution in [0, 0.1) is 0 Å². The van der Waals surface area contributed by atoms with Gasteiger partial charge in [-0.25, -0.2) is 0 Å². The molecule has 0 saturated heterocycles. The molecule has 0 aliphatic carbocycles. The van der Waals surface area contributed by atoms with Crippen molar-refractivity contribution in [2.24, 2.45) is 5.73 Å². The molecular formula is C11H14BrNO3. The van der Waals surface area contributed by atoms with Gasteiger partial charge in [0.25, 0.3) is 0 Å². The zero-order chi connectivity index (χ0) is 11.5. The Morgan fingerprint density at radius 2 is 2.06 bits per heavy atom. The number of rotatable bonds is 4. The molecule has 1 atom stereocenters. The summed E-state index contributed by atoms with van der Waals surface area (Å²) in [6.07, 6.45) is 1.44. The Labute approximate surface area is 102 Å². The van der Waals surface area contributed by atoms with Gasteiger partial charge in [-0.05, 0) is 30.5 Å². The van der Waals surface area contributed by atoms with Crippen molar-refractivity contribution in [3.05, 3.63) is 22.2 Å². The second-order valence-corrected chi connectivity index (χ2v) is 4.55. The molecule has 1 heterocycles. The molecule has 4 nitrogen and oxygen atoms in total. The van der Waals surface area contributed by atoms with Crippen molar-refractivity contribution < 1.29 is 14.6 Å². The Morgan fingerprint density at radius 1 is 1.38 bits per heavy atom. The second kappa shape index (κ2) is 5.03. The van der Waals surface area contributed by atoms with Crippen LogP contribution in [0.3, 0.4) is 0 Å². The van der Waals surface area contributed by atoms with Crippen molar-refractivity contribution in [2.45, 2.75) is 18.9 Å². The molecule has 1 aromatic rings. The fourth-order valence-electron chi connectivity index (χ4n) is 1.68. The van der Waals surface area contributed by atoms with E-state index in [1.807, 2.05) is 12.1 Å². The molecule has 16 heavy (non-hydrogen) atoms. The number of halogens is 1. The molecule has 0 bridgehead atoms. The Hall–Kier alpha value is -0.780. The van der Waals surface area contributed by atoms with E-state index < -0.39 is 0 Å². The van der Waals surface area contributed by atoms with E-state index in [1.165, 1.54) is 0 Å². The van der Waals surface area contributed by atoms with E-state index in [1.54, 1.807) is 0 Å². The van der Waals surface area contributed by atoms with Gasteiger partial charge in [0.15, 0.2) is 11.5 Å². The van der Waals surface area contributed by atoms with Crippen molar-refractivity contribution >= 4 is 15.9 Å². The predicted molar refractivity (Wildman–Crippen MR) is 63.5 cm³/mol. The molecule has 1 aromatic carbocycles. The molecule has 1 aliphatic rings. The molecule has 5 heteroatoms. The molecule has 1 aliphatic heterocycles. The van der Waals surface area contributed by atoms with Gasteiger partial charge in [-0.1, -0.05) is 15.9 Å². The lowest BCUT2D eigenvalue weighted by molar-refractivity contribution is 0.174. The average Bonchev–Trinajstić information content (AvgIpc) is 2.71. The molecule has 0 unspecified atom stereocenters. The maximum Gasteiger partial charge on any atom is 0.231 e. The van der Waals surface area contributed by atoms with E-state index in [0.29, 0.717) is 6.42 Å². The van der Waals surface area contributed by atoms with Crippen molar-refractivity contribution in [1.29, 1.82) is 0 Å². The zero-order valence-electron chi connectivity index (χ0n) is 8.78. The highest BCUT2D eigenvalue weighted by Crippen LogP contribution is 2.39. The lowest BCUT2D eigenvalue weighted by atomic mass is 10.0. The number of aliphatic hydroxyl groups is 1. The second-order valence-electron chi connectivity index (χ2n) is 3.70. The summed E-state index contributed by atoms with van der Waals surface area (Å²) in [4.78, 5) is 0. The quantitative estimate of drug-likeness (QED) is 0.888. The van der Waals surface area contributed by atoms with Gasteiger partial charge < -0.3 is 20.3 Å². The van der Waals surface area contributed by atoms with E-state index in [4.69, 9.17) is 20.3 Å². The van der Waals surface area contributed by atoms with Gasteiger partial charge in [-0.3, -0.25) is 0 Å². The van der Waals surface area contributed by atoms with Gasteiger partial charge in [0.05, 0.1) is 0 Å². The van der Waals surface area contributed by atoms with E-state index >= 15 is 0 Å². The first-order valence-electron chi connectivity index (χ1n) is 5.18. The van der Waals surface area contributed by atoms with Crippen LogP contribution in [0.15, 0.2) is 16.6 Å². The molecule has 3 N–H and O–H groups in total. The molecule has 0 spiro atoms. The van der Waals surface area contributed by atoms with Gasteiger partial charge in [0, 0.05) is 17.1 Å². The lowest BCUT2D eigenvalue weighted by Crippen LogP contribution is -2.11. The Morgan fingerprint density at radius 3 is 2.75 bits per heavy atom. The number of benzene rings is 1. The number of fused-ring (bicyclic) bond motifs is 1. The molecule has 2 rings (SSSR count). The summed E-state index contributed by atoms with van der Waals surface area (Å²) >= 11 is 3.46. The molecule has 0 amide bonds. The summed E-state index contributed by atoms with van der Waals surface area (Å²) < 4.78 is 11.5. The SMILES string of the molecule is N[C@H](CCCO)c1cc2c(cc1Br)OCO2. The topological polar surface area (TPSA) is 64.7 Å². The number of aliphatic hydroxyl groups excluding tert-OH is 1. The largest absolute Gasteiger partial charge is 0.454 e. The number of hydrogen-bond donors (Lipinski definition) is 2. The lowest BCUT2D eigenvalue weighted by Gasteiger charge is -2.14. The van der Waals surface area contributed by atoms with Gasteiger partial charge in [0.2, 0.25) is 6.79 Å². The number of hydrogen-bond acceptors (Lipinski definition) is 4. The van der Waals surface area contributed by atoms with E-state index in [9.17, 15) is 0 Å². The highest BCUT2D eigenvalue weighted by molar-refractivity contribution is 9.10. The van der Waals surface area contributed by atoms with E-state index in [0.717, 1.165) is 28.0 Å². The zero-order valence-corrected chi connectivity index (χ0v) is 10.4. The van der Waals surface area contributed by atoms with Crippen LogP contribution in [-0.4, -0.2) is 18.5 Å². The maximum atomic E-state index is 8.77. The first kappa shape index (κ1) is 11.7. The van der Waals surface area contributed by atoms with Gasteiger partial charge in [-0.15, -0.1) is 0 Å². The van der Waals surface area contributed by atoms with E-state index in [-0.39, 0.29) is 19.4 Å². The third kappa shape index (κ3) is 2.31. The van der Waals surface area contributed by atoms with Crippen LogP contribution in [0.25, 0.3) is 0 Å². The van der Waals surface area contributed by atoms with Crippen LogP contribution in [0.1, 0.15) is 24.4 Å².